The largest absolute Gasteiger partial charge is 0.461 e. The summed E-state index contributed by atoms with van der Waals surface area (Å²) in [5, 5.41) is 0.882. The van der Waals surface area contributed by atoms with Gasteiger partial charge in [-0.05, 0) is 30.3 Å². The minimum Gasteiger partial charge on any atom is -0.461 e. The summed E-state index contributed by atoms with van der Waals surface area (Å²) in [6.45, 7) is 1.31. The third-order valence-corrected chi connectivity index (χ3v) is 5.23. The molecule has 6 nitrogen and oxygen atoms in total. The van der Waals surface area contributed by atoms with Crippen molar-refractivity contribution in [3.05, 3.63) is 53.2 Å². The van der Waals surface area contributed by atoms with E-state index in [0.717, 1.165) is 15.9 Å². The number of alkyl halides is 1. The Morgan fingerprint density at radius 2 is 1.93 bits per heavy atom. The van der Waals surface area contributed by atoms with Crippen molar-refractivity contribution in [2.24, 2.45) is 0 Å². The fraction of sp³-hybridized carbons (Fsp3) is 0.211. The first-order valence-corrected chi connectivity index (χ1v) is 9.14. The fourth-order valence-corrected chi connectivity index (χ4v) is 4.01. The van der Waals surface area contributed by atoms with Crippen LogP contribution in [-0.2, 0) is 0 Å². The average molecular weight is 384 g/mol. The number of halogens is 1. The lowest BCUT2D eigenvalue weighted by Crippen LogP contribution is -2.17. The van der Waals surface area contributed by atoms with E-state index in [1.165, 1.54) is 29.2 Å². The van der Waals surface area contributed by atoms with E-state index in [9.17, 15) is 9.18 Å². The molecule has 0 radical (unpaired) electrons. The van der Waals surface area contributed by atoms with Crippen LogP contribution in [0.15, 0.2) is 47.7 Å². The molecule has 0 aliphatic carbocycles. The number of anilines is 1. The number of rotatable bonds is 4. The molecule has 3 heterocycles. The van der Waals surface area contributed by atoms with Gasteiger partial charge in [0.2, 0.25) is 6.36 Å². The lowest BCUT2D eigenvalue weighted by molar-refractivity contribution is 0.0860. The molecule has 138 valence electrons. The highest BCUT2D eigenvalue weighted by atomic mass is 32.1. The Morgan fingerprint density at radius 3 is 2.59 bits per heavy atom. The molecule has 0 saturated heterocycles. The van der Waals surface area contributed by atoms with E-state index in [2.05, 4.69) is 9.97 Å². The lowest BCUT2D eigenvalue weighted by atomic mass is 10.2. The second kappa shape index (κ2) is 6.62. The van der Waals surface area contributed by atoms with Crippen LogP contribution in [0.25, 0.3) is 26.1 Å². The Balaban J connectivity index is 1.87. The normalized spacial score (nSPS) is 12.4. The third kappa shape index (κ3) is 3.02. The summed E-state index contributed by atoms with van der Waals surface area (Å²) in [5.74, 6) is 0.400. The van der Waals surface area contributed by atoms with Crippen LogP contribution < -0.4 is 15.2 Å². The smallest absolute Gasteiger partial charge is 0.275 e. The first-order chi connectivity index (χ1) is 13.0. The summed E-state index contributed by atoms with van der Waals surface area (Å²) in [5.41, 5.74) is 2.09. The Morgan fingerprint density at radius 1 is 1.19 bits per heavy atom. The summed E-state index contributed by atoms with van der Waals surface area (Å²) in [4.78, 5) is 24.7. The van der Waals surface area contributed by atoms with E-state index in [4.69, 9.17) is 4.74 Å². The molecule has 27 heavy (non-hydrogen) atoms. The summed E-state index contributed by atoms with van der Waals surface area (Å²) >= 11 is 1.33. The van der Waals surface area contributed by atoms with Crippen LogP contribution >= 0.6 is 11.3 Å². The number of nitrogens with zero attached hydrogens (tertiary/aromatic N) is 4. The van der Waals surface area contributed by atoms with Gasteiger partial charge in [-0.25, -0.2) is 14.4 Å². The van der Waals surface area contributed by atoms with E-state index in [1.807, 2.05) is 25.1 Å². The molecule has 0 bridgehead atoms. The van der Waals surface area contributed by atoms with Gasteiger partial charge in [-0.15, -0.1) is 11.3 Å². The highest BCUT2D eigenvalue weighted by Gasteiger charge is 2.17. The van der Waals surface area contributed by atoms with Gasteiger partial charge in [-0.3, -0.25) is 9.36 Å². The van der Waals surface area contributed by atoms with Gasteiger partial charge >= 0.3 is 0 Å². The van der Waals surface area contributed by atoms with E-state index < -0.39 is 6.36 Å². The molecule has 0 aliphatic rings. The minimum absolute atomic E-state index is 0.166. The topological polar surface area (TPSA) is 60.2 Å². The number of pyridine rings is 1. The molecule has 0 spiro atoms. The molecular weight excluding hydrogens is 367 g/mol. The standard InChI is InChI=1S/C19H17FN4O2S/c1-11(20)26-13-6-4-12(5-7-13)24-10-22-16-15-14(23(2)3)8-9-21-18(15)27-17(16)19(24)25/h4-11H,1-3H3. The molecular formula is C19H17FN4O2S. The highest BCUT2D eigenvalue weighted by Crippen LogP contribution is 2.35. The van der Waals surface area contributed by atoms with Crippen molar-refractivity contribution in [1.29, 1.82) is 0 Å². The maximum atomic E-state index is 13.0. The van der Waals surface area contributed by atoms with Crippen LogP contribution in [0.1, 0.15) is 6.92 Å². The van der Waals surface area contributed by atoms with E-state index in [1.54, 1.807) is 30.5 Å². The fourth-order valence-electron chi connectivity index (χ4n) is 2.97. The van der Waals surface area contributed by atoms with Gasteiger partial charge in [0, 0.05) is 27.2 Å². The molecule has 0 amide bonds. The van der Waals surface area contributed by atoms with Crippen molar-refractivity contribution in [2.75, 3.05) is 19.0 Å². The van der Waals surface area contributed by atoms with E-state index >= 15 is 0 Å². The number of benzene rings is 1. The molecule has 0 fully saturated rings. The molecule has 4 rings (SSSR count). The van der Waals surface area contributed by atoms with Crippen LogP contribution in [0.5, 0.6) is 5.75 Å². The Hall–Kier alpha value is -3.00. The first kappa shape index (κ1) is 17.4. The van der Waals surface area contributed by atoms with Gasteiger partial charge in [0.1, 0.15) is 21.6 Å². The Labute approximate surface area is 158 Å². The van der Waals surface area contributed by atoms with Crippen LogP contribution in [0.2, 0.25) is 0 Å². The van der Waals surface area contributed by atoms with Crippen molar-refractivity contribution < 1.29 is 9.13 Å². The van der Waals surface area contributed by atoms with Gasteiger partial charge in [-0.1, -0.05) is 0 Å². The Kier molecular flexibility index (Phi) is 4.27. The zero-order valence-corrected chi connectivity index (χ0v) is 15.8. The summed E-state index contributed by atoms with van der Waals surface area (Å²) in [6, 6.07) is 8.55. The zero-order chi connectivity index (χ0) is 19.1. The number of thiophene rings is 1. The quantitative estimate of drug-likeness (QED) is 0.536. The number of hydrogen-bond acceptors (Lipinski definition) is 6. The molecule has 1 atom stereocenters. The maximum absolute atomic E-state index is 13.0. The predicted molar refractivity (Wildman–Crippen MR) is 106 cm³/mol. The van der Waals surface area contributed by atoms with Gasteiger partial charge in [0.05, 0.1) is 22.3 Å². The lowest BCUT2D eigenvalue weighted by Gasteiger charge is -2.13. The second-order valence-electron chi connectivity index (χ2n) is 6.26. The summed E-state index contributed by atoms with van der Waals surface area (Å²) < 4.78 is 20.0. The first-order valence-electron chi connectivity index (χ1n) is 8.33. The van der Waals surface area contributed by atoms with Crippen molar-refractivity contribution in [3.63, 3.8) is 0 Å². The van der Waals surface area contributed by atoms with Gasteiger partial charge in [-0.2, -0.15) is 0 Å². The van der Waals surface area contributed by atoms with Gasteiger partial charge in [0.15, 0.2) is 0 Å². The van der Waals surface area contributed by atoms with Gasteiger partial charge < -0.3 is 9.64 Å². The van der Waals surface area contributed by atoms with Crippen LogP contribution in [0.4, 0.5) is 10.1 Å². The monoisotopic (exact) mass is 384 g/mol. The van der Waals surface area contributed by atoms with Crippen LogP contribution in [0.3, 0.4) is 0 Å². The van der Waals surface area contributed by atoms with Crippen molar-refractivity contribution in [3.8, 4) is 11.4 Å². The third-order valence-electron chi connectivity index (χ3n) is 4.16. The van der Waals surface area contributed by atoms with Crippen molar-refractivity contribution >= 4 is 37.5 Å². The molecule has 1 unspecified atom stereocenters. The summed E-state index contributed by atoms with van der Waals surface area (Å²) in [7, 11) is 3.89. The molecule has 8 heteroatoms. The minimum atomic E-state index is -1.39. The number of fused-ring (bicyclic) bond motifs is 3. The molecule has 0 aliphatic heterocycles. The van der Waals surface area contributed by atoms with Crippen molar-refractivity contribution in [1.82, 2.24) is 14.5 Å². The number of aromatic nitrogens is 3. The molecule has 4 aromatic rings. The number of ether oxygens (including phenoxy) is 1. The van der Waals surface area contributed by atoms with E-state index in [-0.39, 0.29) is 5.56 Å². The SMILES string of the molecule is CC(F)Oc1ccc(-n2cnc3c(sc4nccc(N(C)C)c43)c2=O)cc1. The Bertz CT molecular complexity index is 1180. The van der Waals surface area contributed by atoms with E-state index in [0.29, 0.717) is 21.7 Å². The van der Waals surface area contributed by atoms with Crippen LogP contribution in [0, 0.1) is 0 Å². The molecule has 0 N–H and O–H groups in total. The average Bonchev–Trinajstić information content (AvgIpc) is 3.02. The molecule has 0 saturated carbocycles. The summed E-state index contributed by atoms with van der Waals surface area (Å²) in [6.07, 6.45) is 1.85. The second-order valence-corrected chi connectivity index (χ2v) is 7.26. The van der Waals surface area contributed by atoms with Crippen molar-refractivity contribution in [2.45, 2.75) is 13.3 Å². The maximum Gasteiger partial charge on any atom is 0.275 e. The highest BCUT2D eigenvalue weighted by molar-refractivity contribution is 7.25. The number of hydrogen-bond donors (Lipinski definition) is 0. The predicted octanol–water partition coefficient (Wildman–Crippen LogP) is 3.76. The molecule has 3 aromatic heterocycles. The van der Waals surface area contributed by atoms with Gasteiger partial charge in [0.25, 0.3) is 5.56 Å². The van der Waals surface area contributed by atoms with Crippen LogP contribution in [-0.4, -0.2) is 35.0 Å². The zero-order valence-electron chi connectivity index (χ0n) is 15.0. The molecule has 1 aromatic carbocycles.